The second-order valence-electron chi connectivity index (χ2n) is 3.83. The zero-order chi connectivity index (χ0) is 11.8. The molecule has 0 unspecified atom stereocenters. The van der Waals surface area contributed by atoms with Crippen molar-refractivity contribution in [2.45, 2.75) is 6.42 Å². The van der Waals surface area contributed by atoms with Crippen LogP contribution in [0, 0.1) is 0 Å². The van der Waals surface area contributed by atoms with Crippen molar-refractivity contribution in [2.24, 2.45) is 0 Å². The average molecular weight is 246 g/mol. The summed E-state index contributed by atoms with van der Waals surface area (Å²) in [5.41, 5.74) is 8.60. The molecule has 2 N–H and O–H groups in total. The third kappa shape index (κ3) is 1.57. The number of nitrogens with two attached hydrogens (primary N) is 1. The van der Waals surface area contributed by atoms with E-state index >= 15 is 0 Å². The van der Waals surface area contributed by atoms with E-state index in [-0.39, 0.29) is 5.91 Å². The summed E-state index contributed by atoms with van der Waals surface area (Å²) in [4.78, 5) is 14.5. The SMILES string of the molecule is Nc1cccc2c1CCN2C(=O)c1cnns1. The van der Waals surface area contributed by atoms with Gasteiger partial charge in [0.2, 0.25) is 0 Å². The van der Waals surface area contributed by atoms with E-state index in [0.717, 1.165) is 34.9 Å². The van der Waals surface area contributed by atoms with Crippen LogP contribution in [0.15, 0.2) is 24.4 Å². The van der Waals surface area contributed by atoms with E-state index in [1.54, 1.807) is 4.90 Å². The number of anilines is 2. The van der Waals surface area contributed by atoms with Gasteiger partial charge in [0.05, 0.1) is 6.20 Å². The lowest BCUT2D eigenvalue weighted by molar-refractivity contribution is 0.0993. The molecule has 6 heteroatoms. The highest BCUT2D eigenvalue weighted by Gasteiger charge is 2.27. The fourth-order valence-corrected chi connectivity index (χ4v) is 2.53. The molecule has 0 atom stereocenters. The highest BCUT2D eigenvalue weighted by Crippen LogP contribution is 2.33. The first-order valence-corrected chi connectivity index (χ1v) is 6.01. The zero-order valence-corrected chi connectivity index (χ0v) is 9.78. The molecular weight excluding hydrogens is 236 g/mol. The predicted molar refractivity (Wildman–Crippen MR) is 66.1 cm³/mol. The van der Waals surface area contributed by atoms with E-state index in [0.29, 0.717) is 11.4 Å². The van der Waals surface area contributed by atoms with Gasteiger partial charge in [-0.1, -0.05) is 10.6 Å². The second kappa shape index (κ2) is 3.81. The van der Waals surface area contributed by atoms with E-state index in [1.165, 1.54) is 6.20 Å². The van der Waals surface area contributed by atoms with Crippen LogP contribution in [0.5, 0.6) is 0 Å². The van der Waals surface area contributed by atoms with E-state index in [2.05, 4.69) is 9.59 Å². The van der Waals surface area contributed by atoms with Gasteiger partial charge in [0.15, 0.2) is 0 Å². The lowest BCUT2D eigenvalue weighted by Crippen LogP contribution is -2.28. The maximum Gasteiger partial charge on any atom is 0.271 e. The Morgan fingerprint density at radius 1 is 1.47 bits per heavy atom. The number of nitrogen functional groups attached to an aromatic ring is 1. The van der Waals surface area contributed by atoms with Gasteiger partial charge >= 0.3 is 0 Å². The van der Waals surface area contributed by atoms with E-state index in [9.17, 15) is 4.79 Å². The molecule has 1 aromatic carbocycles. The van der Waals surface area contributed by atoms with Gasteiger partial charge < -0.3 is 10.6 Å². The van der Waals surface area contributed by atoms with Gasteiger partial charge in [-0.25, -0.2) is 0 Å². The Labute approximate surface area is 102 Å². The molecule has 2 heterocycles. The third-order valence-corrected chi connectivity index (χ3v) is 3.53. The van der Waals surface area contributed by atoms with Crippen LogP contribution in [0.3, 0.4) is 0 Å². The van der Waals surface area contributed by atoms with Crippen LogP contribution < -0.4 is 10.6 Å². The smallest absolute Gasteiger partial charge is 0.271 e. The number of hydrogen-bond donors (Lipinski definition) is 1. The first-order valence-electron chi connectivity index (χ1n) is 5.24. The van der Waals surface area contributed by atoms with Crippen LogP contribution in [0.2, 0.25) is 0 Å². The zero-order valence-electron chi connectivity index (χ0n) is 8.96. The summed E-state index contributed by atoms with van der Waals surface area (Å²) in [6, 6.07) is 5.65. The Balaban J connectivity index is 1.99. The van der Waals surface area contributed by atoms with Crippen molar-refractivity contribution >= 4 is 28.8 Å². The molecular formula is C11H10N4OS. The topological polar surface area (TPSA) is 72.1 Å². The van der Waals surface area contributed by atoms with Gasteiger partial charge in [-0.2, -0.15) is 0 Å². The number of amides is 1. The summed E-state index contributed by atoms with van der Waals surface area (Å²) in [7, 11) is 0. The minimum absolute atomic E-state index is 0.0515. The van der Waals surface area contributed by atoms with Crippen molar-refractivity contribution in [3.8, 4) is 0 Å². The summed E-state index contributed by atoms with van der Waals surface area (Å²) >= 11 is 1.11. The highest BCUT2D eigenvalue weighted by atomic mass is 32.1. The quantitative estimate of drug-likeness (QED) is 0.770. The van der Waals surface area contributed by atoms with Crippen molar-refractivity contribution in [2.75, 3.05) is 17.2 Å². The summed E-state index contributed by atoms with van der Waals surface area (Å²) in [6.45, 7) is 0.667. The second-order valence-corrected chi connectivity index (χ2v) is 4.62. The molecule has 17 heavy (non-hydrogen) atoms. The molecule has 1 amide bonds. The highest BCUT2D eigenvalue weighted by molar-refractivity contribution is 7.07. The van der Waals surface area contributed by atoms with Crippen LogP contribution in [-0.4, -0.2) is 22.0 Å². The lowest BCUT2D eigenvalue weighted by Gasteiger charge is -2.15. The van der Waals surface area contributed by atoms with Crippen molar-refractivity contribution in [1.82, 2.24) is 9.59 Å². The van der Waals surface area contributed by atoms with Gasteiger partial charge in [0.25, 0.3) is 5.91 Å². The van der Waals surface area contributed by atoms with Crippen LogP contribution >= 0.6 is 11.5 Å². The van der Waals surface area contributed by atoms with E-state index in [1.807, 2.05) is 18.2 Å². The molecule has 0 radical (unpaired) electrons. The normalized spacial score (nSPS) is 13.8. The molecule has 2 aromatic rings. The number of hydrogen-bond acceptors (Lipinski definition) is 5. The summed E-state index contributed by atoms with van der Waals surface area (Å²) in [6.07, 6.45) is 2.30. The molecule has 0 saturated carbocycles. The van der Waals surface area contributed by atoms with Gasteiger partial charge in [-0.15, -0.1) is 5.10 Å². The van der Waals surface area contributed by atoms with Gasteiger partial charge in [-0.05, 0) is 30.1 Å². The lowest BCUT2D eigenvalue weighted by atomic mass is 10.1. The van der Waals surface area contributed by atoms with Crippen LogP contribution in [0.1, 0.15) is 15.2 Å². The molecule has 0 saturated heterocycles. The standard InChI is InChI=1S/C11H10N4OS/c12-8-2-1-3-9-7(8)4-5-15(9)11(16)10-6-13-14-17-10/h1-3,6H,4-5,12H2. The summed E-state index contributed by atoms with van der Waals surface area (Å²) < 4.78 is 3.71. The number of nitrogens with zero attached hydrogens (tertiary/aromatic N) is 3. The minimum atomic E-state index is -0.0515. The Kier molecular flexibility index (Phi) is 2.29. The number of rotatable bonds is 1. The number of aromatic nitrogens is 2. The largest absolute Gasteiger partial charge is 0.398 e. The van der Waals surface area contributed by atoms with Gasteiger partial charge in [-0.3, -0.25) is 4.79 Å². The van der Waals surface area contributed by atoms with Crippen molar-refractivity contribution in [1.29, 1.82) is 0 Å². The monoisotopic (exact) mass is 246 g/mol. The predicted octanol–water partition coefficient (Wildman–Crippen LogP) is 1.32. The molecule has 0 spiro atoms. The molecule has 1 aliphatic rings. The Bertz CT molecular complexity index is 567. The Morgan fingerprint density at radius 3 is 3.12 bits per heavy atom. The Hall–Kier alpha value is -1.95. The molecule has 5 nitrogen and oxygen atoms in total. The van der Waals surface area contributed by atoms with Crippen LogP contribution in [-0.2, 0) is 6.42 Å². The molecule has 0 aliphatic carbocycles. The number of fused-ring (bicyclic) bond motifs is 1. The fraction of sp³-hybridized carbons (Fsp3) is 0.182. The first-order chi connectivity index (χ1) is 8.27. The number of benzene rings is 1. The summed E-state index contributed by atoms with van der Waals surface area (Å²) in [5.74, 6) is -0.0515. The maximum atomic E-state index is 12.2. The molecule has 1 aromatic heterocycles. The fourth-order valence-electron chi connectivity index (χ4n) is 2.07. The van der Waals surface area contributed by atoms with Gasteiger partial charge in [0, 0.05) is 23.5 Å². The maximum absolute atomic E-state index is 12.2. The first kappa shape index (κ1) is 10.2. The molecule has 3 rings (SSSR count). The molecule has 86 valence electrons. The molecule has 1 aliphatic heterocycles. The Morgan fingerprint density at radius 2 is 2.35 bits per heavy atom. The van der Waals surface area contributed by atoms with Crippen molar-refractivity contribution < 1.29 is 4.79 Å². The summed E-state index contributed by atoms with van der Waals surface area (Å²) in [5, 5.41) is 3.68. The number of carbonyl (C=O) groups is 1. The van der Waals surface area contributed by atoms with Crippen LogP contribution in [0.25, 0.3) is 0 Å². The minimum Gasteiger partial charge on any atom is -0.398 e. The molecule has 0 bridgehead atoms. The van der Waals surface area contributed by atoms with Crippen LogP contribution in [0.4, 0.5) is 11.4 Å². The third-order valence-electron chi connectivity index (χ3n) is 2.88. The number of carbonyl (C=O) groups excluding carboxylic acids is 1. The average Bonchev–Trinajstić information content (AvgIpc) is 2.98. The van der Waals surface area contributed by atoms with Crippen molar-refractivity contribution in [3.63, 3.8) is 0 Å². The molecule has 0 fully saturated rings. The van der Waals surface area contributed by atoms with Crippen molar-refractivity contribution in [3.05, 3.63) is 34.8 Å². The van der Waals surface area contributed by atoms with E-state index < -0.39 is 0 Å². The van der Waals surface area contributed by atoms with E-state index in [4.69, 9.17) is 5.73 Å². The van der Waals surface area contributed by atoms with Gasteiger partial charge in [0.1, 0.15) is 4.88 Å².